The van der Waals surface area contributed by atoms with Gasteiger partial charge in [-0.3, -0.25) is 19.5 Å². The molecule has 1 aliphatic rings. The van der Waals surface area contributed by atoms with Crippen molar-refractivity contribution < 1.29 is 14.3 Å². The summed E-state index contributed by atoms with van der Waals surface area (Å²) in [5.74, 6) is 0.590. The first kappa shape index (κ1) is 16.6. The molecule has 0 spiro atoms. The molecule has 0 saturated carbocycles. The molecule has 0 bridgehead atoms. The van der Waals surface area contributed by atoms with E-state index >= 15 is 0 Å². The third-order valence-electron chi connectivity index (χ3n) is 4.30. The number of amides is 2. The Labute approximate surface area is 155 Å². The Balaban J connectivity index is 1.55. The second-order valence-corrected chi connectivity index (χ2v) is 7.10. The van der Waals surface area contributed by atoms with Gasteiger partial charge in [0.25, 0.3) is 5.24 Å². The Morgan fingerprint density at radius 3 is 2.62 bits per heavy atom. The van der Waals surface area contributed by atoms with E-state index in [0.717, 1.165) is 39.5 Å². The van der Waals surface area contributed by atoms with Crippen LogP contribution in [0.5, 0.6) is 5.75 Å². The fraction of sp³-hybridized carbons (Fsp3) is 0.150. The molecule has 2 aromatic carbocycles. The number of carbonyl (C=O) groups excluding carboxylic acids is 2. The SMILES string of the molecule is CN1C(=O)SC(c2ccc3cc(OCc4ccccn4)ccc3c2)C1=O. The van der Waals surface area contributed by atoms with Crippen LogP contribution in [0.15, 0.2) is 60.8 Å². The monoisotopic (exact) mass is 364 g/mol. The van der Waals surface area contributed by atoms with Gasteiger partial charge >= 0.3 is 0 Å². The minimum absolute atomic E-state index is 0.172. The molecular formula is C20H16N2O3S. The molecule has 1 fully saturated rings. The van der Waals surface area contributed by atoms with Gasteiger partial charge in [-0.25, -0.2) is 0 Å². The Bertz CT molecular complexity index is 991. The first-order valence-electron chi connectivity index (χ1n) is 8.16. The number of nitrogens with zero attached hydrogens (tertiary/aromatic N) is 2. The zero-order chi connectivity index (χ0) is 18.1. The van der Waals surface area contributed by atoms with Crippen LogP contribution in [0, 0.1) is 0 Å². The summed E-state index contributed by atoms with van der Waals surface area (Å²) in [7, 11) is 1.52. The lowest BCUT2D eigenvalue weighted by molar-refractivity contribution is -0.125. The third kappa shape index (κ3) is 3.15. The molecule has 1 aromatic heterocycles. The van der Waals surface area contributed by atoms with Crippen molar-refractivity contribution in [1.29, 1.82) is 0 Å². The topological polar surface area (TPSA) is 59.5 Å². The Hall–Kier alpha value is -2.86. The minimum Gasteiger partial charge on any atom is -0.487 e. The van der Waals surface area contributed by atoms with Crippen LogP contribution in [-0.2, 0) is 11.4 Å². The smallest absolute Gasteiger partial charge is 0.289 e. The number of rotatable bonds is 4. The molecule has 0 radical (unpaired) electrons. The van der Waals surface area contributed by atoms with Crippen molar-refractivity contribution in [2.24, 2.45) is 0 Å². The lowest BCUT2D eigenvalue weighted by Gasteiger charge is -2.10. The number of pyridine rings is 1. The van der Waals surface area contributed by atoms with Gasteiger partial charge in [-0.2, -0.15) is 0 Å². The number of hydrogen-bond donors (Lipinski definition) is 0. The zero-order valence-electron chi connectivity index (χ0n) is 14.1. The average molecular weight is 364 g/mol. The van der Waals surface area contributed by atoms with Crippen LogP contribution in [0.25, 0.3) is 10.8 Å². The van der Waals surface area contributed by atoms with Gasteiger partial charge in [-0.1, -0.05) is 24.3 Å². The van der Waals surface area contributed by atoms with E-state index in [2.05, 4.69) is 4.98 Å². The number of carbonyl (C=O) groups is 2. The highest BCUT2D eigenvalue weighted by atomic mass is 32.2. The van der Waals surface area contributed by atoms with Gasteiger partial charge in [0.05, 0.1) is 5.69 Å². The molecule has 2 heterocycles. The van der Waals surface area contributed by atoms with Crippen molar-refractivity contribution >= 4 is 33.7 Å². The highest BCUT2D eigenvalue weighted by Gasteiger charge is 2.38. The Morgan fingerprint density at radius 1 is 1.08 bits per heavy atom. The Kier molecular flexibility index (Phi) is 4.34. The molecule has 3 aromatic rings. The maximum atomic E-state index is 12.2. The van der Waals surface area contributed by atoms with Crippen molar-refractivity contribution in [2.75, 3.05) is 7.05 Å². The third-order valence-corrected chi connectivity index (χ3v) is 5.48. The van der Waals surface area contributed by atoms with Gasteiger partial charge < -0.3 is 4.74 Å². The summed E-state index contributed by atoms with van der Waals surface area (Å²) in [5, 5.41) is 1.35. The molecule has 6 heteroatoms. The summed E-state index contributed by atoms with van der Waals surface area (Å²) in [6.45, 7) is 0.409. The van der Waals surface area contributed by atoms with E-state index in [9.17, 15) is 9.59 Å². The maximum Gasteiger partial charge on any atom is 0.289 e. The second kappa shape index (κ2) is 6.80. The predicted molar refractivity (Wildman–Crippen MR) is 101 cm³/mol. The lowest BCUT2D eigenvalue weighted by atomic mass is 10.0. The maximum absolute atomic E-state index is 12.2. The van der Waals surface area contributed by atoms with Crippen molar-refractivity contribution in [3.05, 3.63) is 72.1 Å². The van der Waals surface area contributed by atoms with Crippen LogP contribution >= 0.6 is 11.8 Å². The zero-order valence-corrected chi connectivity index (χ0v) is 14.9. The van der Waals surface area contributed by atoms with Gasteiger partial charge in [-0.05, 0) is 58.4 Å². The van der Waals surface area contributed by atoms with Crippen molar-refractivity contribution in [1.82, 2.24) is 9.88 Å². The van der Waals surface area contributed by atoms with Crippen molar-refractivity contribution in [3.8, 4) is 5.75 Å². The summed E-state index contributed by atoms with van der Waals surface area (Å²) < 4.78 is 5.80. The molecular weight excluding hydrogens is 348 g/mol. The first-order chi connectivity index (χ1) is 12.6. The van der Waals surface area contributed by atoms with E-state index in [0.29, 0.717) is 6.61 Å². The molecule has 130 valence electrons. The second-order valence-electron chi connectivity index (χ2n) is 6.04. The number of thioether (sulfide) groups is 1. The summed E-state index contributed by atoms with van der Waals surface area (Å²) in [4.78, 5) is 29.3. The number of benzene rings is 2. The molecule has 4 rings (SSSR count). The van der Waals surface area contributed by atoms with Gasteiger partial charge in [0, 0.05) is 13.2 Å². The summed E-state index contributed by atoms with van der Waals surface area (Å²) >= 11 is 1.06. The number of hydrogen-bond acceptors (Lipinski definition) is 5. The van der Waals surface area contributed by atoms with Crippen LogP contribution in [0.1, 0.15) is 16.5 Å². The minimum atomic E-state index is -0.461. The Morgan fingerprint density at radius 2 is 1.88 bits per heavy atom. The quantitative estimate of drug-likeness (QED) is 0.695. The molecule has 1 atom stereocenters. The number of fused-ring (bicyclic) bond motifs is 1. The average Bonchev–Trinajstić information content (AvgIpc) is 2.94. The van der Waals surface area contributed by atoms with E-state index in [1.54, 1.807) is 6.20 Å². The van der Waals surface area contributed by atoms with Crippen LogP contribution in [-0.4, -0.2) is 28.1 Å². The number of imide groups is 1. The van der Waals surface area contributed by atoms with Gasteiger partial charge in [0.2, 0.25) is 5.91 Å². The summed E-state index contributed by atoms with van der Waals surface area (Å²) in [6, 6.07) is 17.3. The molecule has 1 saturated heterocycles. The van der Waals surface area contributed by atoms with Gasteiger partial charge in [-0.15, -0.1) is 0 Å². The number of aromatic nitrogens is 1. The van der Waals surface area contributed by atoms with Crippen LogP contribution in [0.4, 0.5) is 4.79 Å². The first-order valence-corrected chi connectivity index (χ1v) is 9.04. The van der Waals surface area contributed by atoms with E-state index in [-0.39, 0.29) is 11.1 Å². The van der Waals surface area contributed by atoms with Crippen LogP contribution in [0.2, 0.25) is 0 Å². The number of likely N-dealkylation sites (N-methyl/N-ethyl adjacent to an activating group) is 1. The fourth-order valence-corrected chi connectivity index (χ4v) is 3.83. The lowest BCUT2D eigenvalue weighted by Crippen LogP contribution is -2.24. The fourth-order valence-electron chi connectivity index (χ4n) is 2.84. The van der Waals surface area contributed by atoms with E-state index in [1.165, 1.54) is 11.9 Å². The highest BCUT2D eigenvalue weighted by molar-refractivity contribution is 8.14. The molecule has 26 heavy (non-hydrogen) atoms. The van der Waals surface area contributed by atoms with Crippen molar-refractivity contribution in [2.45, 2.75) is 11.9 Å². The predicted octanol–water partition coefficient (Wildman–Crippen LogP) is 4.18. The molecule has 0 N–H and O–H groups in total. The normalized spacial score (nSPS) is 17.1. The highest BCUT2D eigenvalue weighted by Crippen LogP contribution is 2.39. The largest absolute Gasteiger partial charge is 0.487 e. The summed E-state index contributed by atoms with van der Waals surface area (Å²) in [6.07, 6.45) is 1.74. The van der Waals surface area contributed by atoms with E-state index < -0.39 is 5.25 Å². The molecule has 1 unspecified atom stereocenters. The van der Waals surface area contributed by atoms with E-state index in [4.69, 9.17) is 4.74 Å². The molecule has 1 aliphatic heterocycles. The van der Waals surface area contributed by atoms with Crippen LogP contribution in [0.3, 0.4) is 0 Å². The van der Waals surface area contributed by atoms with Gasteiger partial charge in [0.1, 0.15) is 17.6 Å². The van der Waals surface area contributed by atoms with E-state index in [1.807, 2.05) is 54.6 Å². The molecule has 2 amide bonds. The van der Waals surface area contributed by atoms with Crippen molar-refractivity contribution in [3.63, 3.8) is 0 Å². The standard InChI is InChI=1S/C20H16N2O3S/c1-22-19(23)18(26-20(22)24)15-6-5-14-11-17(8-7-13(14)10-15)25-12-16-4-2-3-9-21-16/h2-11,18H,12H2,1H3. The summed E-state index contributed by atoms with van der Waals surface area (Å²) in [5.41, 5.74) is 1.71. The molecule has 0 aliphatic carbocycles. The number of ether oxygens (including phenoxy) is 1. The molecule has 5 nitrogen and oxygen atoms in total. The van der Waals surface area contributed by atoms with Gasteiger partial charge in [0.15, 0.2) is 0 Å². The van der Waals surface area contributed by atoms with Crippen LogP contribution < -0.4 is 4.74 Å².